The van der Waals surface area contributed by atoms with Crippen LogP contribution in [0.15, 0.2) is 48.7 Å². The van der Waals surface area contributed by atoms with Crippen LogP contribution in [0.5, 0.6) is 11.5 Å². The molecule has 20 heteroatoms. The van der Waals surface area contributed by atoms with E-state index < -0.39 is 86.0 Å². The number of alkyl halides is 3. The molecule has 0 unspecified atom stereocenters. The van der Waals surface area contributed by atoms with Gasteiger partial charge in [0.15, 0.2) is 11.5 Å². The molecule has 7 atom stereocenters. The van der Waals surface area contributed by atoms with Crippen LogP contribution >= 0.6 is 0 Å². The van der Waals surface area contributed by atoms with Gasteiger partial charge in [-0.15, -0.1) is 0 Å². The molecule has 59 heavy (non-hydrogen) atoms. The van der Waals surface area contributed by atoms with E-state index in [1.165, 1.54) is 25.0 Å². The molecule has 1 saturated heterocycles. The Morgan fingerprint density at radius 3 is 2.51 bits per heavy atom. The molecule has 4 aliphatic rings. The summed E-state index contributed by atoms with van der Waals surface area (Å²) >= 11 is 0. The molecular formula is C39H46F3N7O9S. The number of carbonyl (C=O) groups is 4. The first-order chi connectivity index (χ1) is 27.7. The molecule has 3 aromatic rings. The lowest BCUT2D eigenvalue weighted by atomic mass is 9.88. The number of rotatable bonds is 8. The number of pyridine rings is 1. The lowest BCUT2D eigenvalue weighted by Gasteiger charge is -2.32. The van der Waals surface area contributed by atoms with Crippen molar-refractivity contribution in [2.24, 2.45) is 17.8 Å². The number of nitrogens with zero attached hydrogens (tertiary/aromatic N) is 4. The monoisotopic (exact) mass is 845 g/mol. The zero-order valence-corrected chi connectivity index (χ0v) is 33.6. The van der Waals surface area contributed by atoms with Gasteiger partial charge in [-0.1, -0.05) is 26.0 Å². The standard InChI is InChI=1S/C39H46F3N7O9S/c1-21-7-5-6-8-23-19-38(23,35(52)47-59(55,56)37(3)12-13-37)45-33(50)28-17-25(20-48(28)34(51)32(22(2)15-21)44-36(53)54)58-29-18-31(49-14-11-30(46-49)39(40,41)42)43-27-16-24(57-4)9-10-26(27)29/h6,8-11,14,16,18,21-23,25,28,32,44H,5,7,12-13,15,17,19-20H2,1-4H3,(H,45,50)(H,47,52)(H,53,54)/t21-,22-,23-,25-,28+,32+,38-/m1/s1. The molecule has 2 aliphatic heterocycles. The lowest BCUT2D eigenvalue weighted by molar-refractivity contribution is -0.142. The maximum absolute atomic E-state index is 14.5. The molecule has 1 aromatic carbocycles. The topological polar surface area (TPSA) is 211 Å². The summed E-state index contributed by atoms with van der Waals surface area (Å²) < 4.78 is 80.7. The van der Waals surface area contributed by atoms with E-state index in [0.29, 0.717) is 43.2 Å². The van der Waals surface area contributed by atoms with Crippen molar-refractivity contribution in [3.63, 3.8) is 0 Å². The highest BCUT2D eigenvalue weighted by atomic mass is 32.2. The number of ether oxygens (including phenoxy) is 2. The van der Waals surface area contributed by atoms with Crippen LogP contribution in [0, 0.1) is 17.8 Å². The zero-order chi connectivity index (χ0) is 42.7. The minimum absolute atomic E-state index is 0.0395. The number of methoxy groups -OCH3 is 1. The van der Waals surface area contributed by atoms with Gasteiger partial charge < -0.3 is 30.1 Å². The number of allylic oxidation sites excluding steroid dienone is 1. The normalized spacial score (nSPS) is 28.4. The maximum Gasteiger partial charge on any atom is 0.435 e. The predicted octanol–water partition coefficient (Wildman–Crippen LogP) is 4.32. The molecule has 0 bridgehead atoms. The summed E-state index contributed by atoms with van der Waals surface area (Å²) in [5.74, 6) is -2.92. The van der Waals surface area contributed by atoms with Gasteiger partial charge in [0.2, 0.25) is 21.8 Å². The summed E-state index contributed by atoms with van der Waals surface area (Å²) in [6.07, 6.45) is 0.0493. The smallest absolute Gasteiger partial charge is 0.435 e. The molecule has 0 spiro atoms. The highest BCUT2D eigenvalue weighted by molar-refractivity contribution is 7.91. The number of benzene rings is 1. The highest BCUT2D eigenvalue weighted by Gasteiger charge is 2.63. The highest BCUT2D eigenvalue weighted by Crippen LogP contribution is 2.48. The fraction of sp³-hybridized carbons (Fsp3) is 0.538. The van der Waals surface area contributed by atoms with E-state index in [4.69, 9.17) is 9.47 Å². The fourth-order valence-corrected chi connectivity index (χ4v) is 9.33. The number of halogens is 3. The summed E-state index contributed by atoms with van der Waals surface area (Å²) in [7, 11) is -2.65. The van der Waals surface area contributed by atoms with Crippen LogP contribution in [0.3, 0.4) is 0 Å². The van der Waals surface area contributed by atoms with E-state index in [9.17, 15) is 45.9 Å². The third-order valence-electron chi connectivity index (χ3n) is 11.9. The Balaban J connectivity index is 1.25. The zero-order valence-electron chi connectivity index (χ0n) is 32.8. The molecule has 4 N–H and O–H groups in total. The van der Waals surface area contributed by atoms with Crippen LogP contribution in [0.2, 0.25) is 0 Å². The number of sulfonamides is 1. The quantitative estimate of drug-likeness (QED) is 0.235. The summed E-state index contributed by atoms with van der Waals surface area (Å²) in [5.41, 5.74) is -2.53. The Bertz CT molecular complexity index is 2310. The molecular weight excluding hydrogens is 800 g/mol. The van der Waals surface area contributed by atoms with E-state index in [-0.39, 0.29) is 42.4 Å². The van der Waals surface area contributed by atoms with Crippen molar-refractivity contribution in [2.45, 2.75) is 100 Å². The van der Waals surface area contributed by atoms with E-state index in [0.717, 1.165) is 16.9 Å². The first-order valence-corrected chi connectivity index (χ1v) is 20.9. The number of fused-ring (bicyclic) bond motifs is 3. The summed E-state index contributed by atoms with van der Waals surface area (Å²) in [5, 5.41) is 19.0. The number of hydrogen-bond acceptors (Lipinski definition) is 10. The van der Waals surface area contributed by atoms with Crippen molar-refractivity contribution in [3.8, 4) is 17.3 Å². The van der Waals surface area contributed by atoms with Crippen molar-refractivity contribution < 1.29 is 55.3 Å². The number of amides is 4. The van der Waals surface area contributed by atoms with Gasteiger partial charge in [0, 0.05) is 36.1 Å². The summed E-state index contributed by atoms with van der Waals surface area (Å²) in [6, 6.07) is 4.38. The minimum Gasteiger partial charge on any atom is -0.497 e. The molecule has 2 saturated carbocycles. The second-order valence-corrected chi connectivity index (χ2v) is 18.6. The van der Waals surface area contributed by atoms with Gasteiger partial charge in [-0.25, -0.2) is 22.9 Å². The predicted molar refractivity (Wildman–Crippen MR) is 205 cm³/mol. The Hall–Kier alpha value is -5.40. The molecule has 16 nitrogen and oxygen atoms in total. The molecule has 318 valence electrons. The average Bonchev–Trinajstić information content (AvgIpc) is 3.93. The van der Waals surface area contributed by atoms with E-state index >= 15 is 0 Å². The second-order valence-electron chi connectivity index (χ2n) is 16.4. The van der Waals surface area contributed by atoms with Gasteiger partial charge in [0.05, 0.1) is 23.9 Å². The van der Waals surface area contributed by atoms with Crippen LogP contribution in [0.25, 0.3) is 16.7 Å². The van der Waals surface area contributed by atoms with E-state index in [1.807, 2.05) is 13.0 Å². The van der Waals surface area contributed by atoms with Gasteiger partial charge in [-0.3, -0.25) is 19.1 Å². The molecule has 0 radical (unpaired) electrons. The second kappa shape index (κ2) is 15.3. The van der Waals surface area contributed by atoms with Gasteiger partial charge in [-0.05, 0) is 75.5 Å². The van der Waals surface area contributed by atoms with Crippen LogP contribution in [-0.2, 0) is 30.6 Å². The van der Waals surface area contributed by atoms with Crippen molar-refractivity contribution in [3.05, 3.63) is 54.4 Å². The van der Waals surface area contributed by atoms with Crippen LogP contribution < -0.4 is 24.8 Å². The van der Waals surface area contributed by atoms with Crippen LogP contribution in [-0.4, -0.2) is 99.1 Å². The third-order valence-corrected chi connectivity index (χ3v) is 14.1. The van der Waals surface area contributed by atoms with Crippen molar-refractivity contribution >= 4 is 44.7 Å². The Morgan fingerprint density at radius 2 is 1.85 bits per heavy atom. The number of carbonyl (C=O) groups excluding carboxylic acids is 3. The van der Waals surface area contributed by atoms with E-state index in [1.54, 1.807) is 31.2 Å². The first-order valence-electron chi connectivity index (χ1n) is 19.4. The van der Waals surface area contributed by atoms with Gasteiger partial charge >= 0.3 is 12.3 Å². The van der Waals surface area contributed by atoms with Crippen molar-refractivity contribution in [2.75, 3.05) is 13.7 Å². The molecule has 4 amide bonds. The molecule has 2 aliphatic carbocycles. The minimum atomic E-state index is -4.72. The lowest BCUT2D eigenvalue weighted by Crippen LogP contribution is -2.59. The summed E-state index contributed by atoms with van der Waals surface area (Å²) in [6.45, 7) is 5.02. The largest absolute Gasteiger partial charge is 0.497 e. The SMILES string of the molecule is COc1ccc2c(O[C@@H]3C[C@H]4C(=O)N[C@]5(C(=O)NS(=O)(=O)C6(C)CC6)C[C@H]5C=CCC[C@@H](C)C[C@@H](C)[C@H](NC(=O)O)C(=O)N4C3)cc(-n3ccc(C(F)(F)F)n3)nc2c1. The number of nitrogens with one attached hydrogen (secondary N) is 3. The molecule has 2 aromatic heterocycles. The number of carboxylic acid groups (broad SMARTS) is 1. The number of aromatic nitrogens is 3. The average molecular weight is 846 g/mol. The first kappa shape index (κ1) is 41.7. The molecule has 7 rings (SSSR count). The van der Waals surface area contributed by atoms with Crippen LogP contribution in [0.1, 0.15) is 71.4 Å². The Kier molecular flexibility index (Phi) is 10.8. The van der Waals surface area contributed by atoms with Crippen molar-refractivity contribution in [1.82, 2.24) is 35.0 Å². The van der Waals surface area contributed by atoms with Gasteiger partial charge in [0.1, 0.15) is 35.2 Å². The van der Waals surface area contributed by atoms with Crippen molar-refractivity contribution in [1.29, 1.82) is 0 Å². The fourth-order valence-electron chi connectivity index (χ4n) is 8.02. The molecule has 4 heterocycles. The Morgan fingerprint density at radius 1 is 1.10 bits per heavy atom. The van der Waals surface area contributed by atoms with E-state index in [2.05, 4.69) is 25.4 Å². The van der Waals surface area contributed by atoms with Gasteiger partial charge in [-0.2, -0.15) is 18.3 Å². The molecule has 3 fully saturated rings. The number of hydrogen-bond donors (Lipinski definition) is 4. The Labute approximate surface area is 337 Å². The summed E-state index contributed by atoms with van der Waals surface area (Å²) in [4.78, 5) is 60.7. The van der Waals surface area contributed by atoms with Crippen LogP contribution in [0.4, 0.5) is 18.0 Å². The maximum atomic E-state index is 14.5. The third kappa shape index (κ3) is 8.40. The van der Waals surface area contributed by atoms with Gasteiger partial charge in [0.25, 0.3) is 5.91 Å².